The highest BCUT2D eigenvalue weighted by atomic mass is 16.6. The van der Waals surface area contributed by atoms with Crippen LogP contribution in [0.3, 0.4) is 0 Å². The van der Waals surface area contributed by atoms with Gasteiger partial charge in [0.15, 0.2) is 0 Å². The van der Waals surface area contributed by atoms with Crippen molar-refractivity contribution in [3.63, 3.8) is 0 Å². The molecule has 5 heteroatoms. The van der Waals surface area contributed by atoms with Gasteiger partial charge in [-0.2, -0.15) is 0 Å². The zero-order valence-electron chi connectivity index (χ0n) is 10.5. The third kappa shape index (κ3) is 3.69. The quantitative estimate of drug-likeness (QED) is 0.377. The maximum absolute atomic E-state index is 11.7. The molecule has 0 unspecified atom stereocenters. The zero-order chi connectivity index (χ0) is 13.5. The number of nitro benzene ring substituents is 1. The molecule has 0 bridgehead atoms. The third-order valence-corrected chi connectivity index (χ3v) is 2.49. The molecule has 0 saturated carbocycles. The van der Waals surface area contributed by atoms with Crippen LogP contribution in [-0.4, -0.2) is 17.4 Å². The van der Waals surface area contributed by atoms with Crippen molar-refractivity contribution >= 4 is 11.6 Å². The monoisotopic (exact) mass is 248 g/mol. The molecule has 5 nitrogen and oxygen atoms in total. The molecular formula is C13H16N2O3. The Morgan fingerprint density at radius 1 is 1.50 bits per heavy atom. The Kier molecular flexibility index (Phi) is 5.05. The number of benzene rings is 1. The van der Waals surface area contributed by atoms with Crippen LogP contribution in [0.15, 0.2) is 30.4 Å². The van der Waals surface area contributed by atoms with Crippen LogP contribution < -0.4 is 5.32 Å². The van der Waals surface area contributed by atoms with Crippen molar-refractivity contribution in [1.29, 1.82) is 0 Å². The van der Waals surface area contributed by atoms with Crippen LogP contribution in [0.1, 0.15) is 29.3 Å². The second kappa shape index (κ2) is 6.54. The normalized spacial score (nSPS) is 10.6. The standard InChI is InChI=1S/C13H16N2O3/c1-3-4-5-8-14-13(16)11-6-7-12(15(17)18)10(2)9-11/h3-4,6-7,9H,5,8H2,1-2H3,(H,14,16)/b4-3+. The summed E-state index contributed by atoms with van der Waals surface area (Å²) in [4.78, 5) is 21.9. The van der Waals surface area contributed by atoms with E-state index in [1.807, 2.05) is 19.1 Å². The second-order valence-corrected chi connectivity index (χ2v) is 3.87. The van der Waals surface area contributed by atoms with Gasteiger partial charge in [-0.25, -0.2) is 0 Å². The molecule has 1 aromatic carbocycles. The first-order chi connectivity index (χ1) is 8.56. The number of carbonyl (C=O) groups is 1. The number of nitrogens with zero attached hydrogens (tertiary/aromatic N) is 1. The van der Waals surface area contributed by atoms with Crippen LogP contribution >= 0.6 is 0 Å². The highest BCUT2D eigenvalue weighted by Crippen LogP contribution is 2.18. The predicted octanol–water partition coefficient (Wildman–Crippen LogP) is 2.60. The van der Waals surface area contributed by atoms with E-state index in [2.05, 4.69) is 5.32 Å². The fourth-order valence-electron chi connectivity index (χ4n) is 1.54. The molecule has 0 aliphatic rings. The largest absolute Gasteiger partial charge is 0.352 e. The van der Waals surface area contributed by atoms with Gasteiger partial charge in [0.05, 0.1) is 4.92 Å². The van der Waals surface area contributed by atoms with Crippen LogP contribution in [-0.2, 0) is 0 Å². The molecule has 1 rings (SSSR count). The number of nitro groups is 1. The summed E-state index contributed by atoms with van der Waals surface area (Å²) in [6, 6.07) is 4.36. The van der Waals surface area contributed by atoms with Crippen molar-refractivity contribution in [1.82, 2.24) is 5.32 Å². The third-order valence-electron chi connectivity index (χ3n) is 2.49. The number of carbonyl (C=O) groups excluding carboxylic acids is 1. The molecular weight excluding hydrogens is 232 g/mol. The summed E-state index contributed by atoms with van der Waals surface area (Å²) >= 11 is 0. The summed E-state index contributed by atoms with van der Waals surface area (Å²) in [6.07, 6.45) is 4.65. The lowest BCUT2D eigenvalue weighted by Gasteiger charge is -2.04. The number of rotatable bonds is 5. The van der Waals surface area contributed by atoms with Crippen molar-refractivity contribution in [2.75, 3.05) is 6.54 Å². The molecule has 1 aromatic rings. The number of allylic oxidation sites excluding steroid dienone is 1. The van der Waals surface area contributed by atoms with Crippen LogP contribution in [0.25, 0.3) is 0 Å². The SMILES string of the molecule is C/C=C/CCNC(=O)c1ccc([N+](=O)[O-])c(C)c1. The van der Waals surface area contributed by atoms with E-state index < -0.39 is 4.92 Å². The molecule has 96 valence electrons. The van der Waals surface area contributed by atoms with Gasteiger partial charge in [0.1, 0.15) is 0 Å². The summed E-state index contributed by atoms with van der Waals surface area (Å²) in [5, 5.41) is 13.4. The molecule has 0 radical (unpaired) electrons. The van der Waals surface area contributed by atoms with Crippen molar-refractivity contribution in [2.24, 2.45) is 0 Å². The minimum Gasteiger partial charge on any atom is -0.352 e. The van der Waals surface area contributed by atoms with Gasteiger partial charge in [0.2, 0.25) is 0 Å². The van der Waals surface area contributed by atoms with Crippen molar-refractivity contribution in [3.8, 4) is 0 Å². The van der Waals surface area contributed by atoms with E-state index in [9.17, 15) is 14.9 Å². The van der Waals surface area contributed by atoms with Gasteiger partial charge in [-0.05, 0) is 32.4 Å². The summed E-state index contributed by atoms with van der Waals surface area (Å²) in [7, 11) is 0. The Hall–Kier alpha value is -2.17. The minimum atomic E-state index is -0.455. The summed E-state index contributed by atoms with van der Waals surface area (Å²) in [5.41, 5.74) is 0.958. The Bertz CT molecular complexity index is 481. The molecule has 0 spiro atoms. The summed E-state index contributed by atoms with van der Waals surface area (Å²) in [5.74, 6) is -0.211. The molecule has 0 aliphatic heterocycles. The maximum atomic E-state index is 11.7. The lowest BCUT2D eigenvalue weighted by atomic mass is 10.1. The lowest BCUT2D eigenvalue weighted by Crippen LogP contribution is -2.24. The van der Waals surface area contributed by atoms with Gasteiger partial charge < -0.3 is 5.32 Å². The van der Waals surface area contributed by atoms with Gasteiger partial charge in [-0.3, -0.25) is 14.9 Å². The Labute approximate surface area is 106 Å². The van der Waals surface area contributed by atoms with Gasteiger partial charge in [0.25, 0.3) is 11.6 Å². The number of hydrogen-bond donors (Lipinski definition) is 1. The fourth-order valence-corrected chi connectivity index (χ4v) is 1.54. The number of aryl methyl sites for hydroxylation is 1. The molecule has 0 aromatic heterocycles. The first kappa shape index (κ1) is 13.9. The van der Waals surface area contributed by atoms with Crippen molar-refractivity contribution < 1.29 is 9.72 Å². The summed E-state index contributed by atoms with van der Waals surface area (Å²) in [6.45, 7) is 4.09. The maximum Gasteiger partial charge on any atom is 0.272 e. The van der Waals surface area contributed by atoms with E-state index in [4.69, 9.17) is 0 Å². The Balaban J connectivity index is 2.69. The van der Waals surface area contributed by atoms with E-state index in [1.54, 1.807) is 6.92 Å². The van der Waals surface area contributed by atoms with Gasteiger partial charge >= 0.3 is 0 Å². The minimum absolute atomic E-state index is 0.0282. The average molecular weight is 248 g/mol. The number of amides is 1. The number of nitrogens with one attached hydrogen (secondary N) is 1. The van der Waals surface area contributed by atoms with E-state index >= 15 is 0 Å². The van der Waals surface area contributed by atoms with Gasteiger partial charge in [-0.15, -0.1) is 0 Å². The predicted molar refractivity (Wildman–Crippen MR) is 69.6 cm³/mol. The Morgan fingerprint density at radius 2 is 2.22 bits per heavy atom. The van der Waals surface area contributed by atoms with E-state index in [1.165, 1.54) is 18.2 Å². The zero-order valence-corrected chi connectivity index (χ0v) is 10.5. The highest BCUT2D eigenvalue weighted by Gasteiger charge is 2.13. The summed E-state index contributed by atoms with van der Waals surface area (Å²) < 4.78 is 0. The average Bonchev–Trinajstić information content (AvgIpc) is 2.33. The molecule has 0 fully saturated rings. The molecule has 1 N–H and O–H groups in total. The van der Waals surface area contributed by atoms with Gasteiger partial charge in [0, 0.05) is 23.7 Å². The molecule has 18 heavy (non-hydrogen) atoms. The van der Waals surface area contributed by atoms with Crippen LogP contribution in [0.2, 0.25) is 0 Å². The highest BCUT2D eigenvalue weighted by molar-refractivity contribution is 5.94. The van der Waals surface area contributed by atoms with E-state index in [0.29, 0.717) is 17.7 Å². The smallest absolute Gasteiger partial charge is 0.272 e. The molecule has 0 heterocycles. The van der Waals surface area contributed by atoms with Crippen molar-refractivity contribution in [3.05, 3.63) is 51.6 Å². The van der Waals surface area contributed by atoms with Gasteiger partial charge in [-0.1, -0.05) is 12.2 Å². The number of hydrogen-bond acceptors (Lipinski definition) is 3. The first-order valence-electron chi connectivity index (χ1n) is 5.70. The van der Waals surface area contributed by atoms with E-state index in [0.717, 1.165) is 6.42 Å². The van der Waals surface area contributed by atoms with E-state index in [-0.39, 0.29) is 11.6 Å². The molecule has 0 saturated heterocycles. The molecule has 0 atom stereocenters. The van der Waals surface area contributed by atoms with Crippen LogP contribution in [0.4, 0.5) is 5.69 Å². The first-order valence-corrected chi connectivity index (χ1v) is 5.70. The molecule has 1 amide bonds. The fraction of sp³-hybridized carbons (Fsp3) is 0.308. The second-order valence-electron chi connectivity index (χ2n) is 3.87. The Morgan fingerprint density at radius 3 is 2.78 bits per heavy atom. The lowest BCUT2D eigenvalue weighted by molar-refractivity contribution is -0.385. The van der Waals surface area contributed by atoms with Crippen LogP contribution in [0, 0.1) is 17.0 Å². The van der Waals surface area contributed by atoms with Crippen LogP contribution in [0.5, 0.6) is 0 Å². The molecule has 0 aliphatic carbocycles. The topological polar surface area (TPSA) is 72.2 Å². The van der Waals surface area contributed by atoms with Crippen molar-refractivity contribution in [2.45, 2.75) is 20.3 Å².